The molecule has 102 valence electrons. The van der Waals surface area contributed by atoms with Crippen LogP contribution in [0.4, 0.5) is 24.0 Å². The first kappa shape index (κ1) is 13.4. The van der Waals surface area contributed by atoms with Crippen LogP contribution >= 0.6 is 27.3 Å². The third-order valence-electron chi connectivity index (χ3n) is 2.59. The van der Waals surface area contributed by atoms with Gasteiger partial charge in [-0.2, -0.15) is 0 Å². The first-order valence-corrected chi connectivity index (χ1v) is 7.11. The molecule has 7 heteroatoms. The topological polar surface area (TPSA) is 24.9 Å². The lowest BCUT2D eigenvalue weighted by atomic mass is 10.3. The van der Waals surface area contributed by atoms with Crippen LogP contribution in [0.3, 0.4) is 0 Å². The Morgan fingerprint density at radius 2 is 1.75 bits per heavy atom. The predicted molar refractivity (Wildman–Crippen MR) is 76.9 cm³/mol. The molecule has 0 unspecified atom stereocenters. The lowest BCUT2D eigenvalue weighted by molar-refractivity contribution is 0.549. The van der Waals surface area contributed by atoms with Crippen molar-refractivity contribution in [2.24, 2.45) is 0 Å². The second kappa shape index (κ2) is 5.06. The van der Waals surface area contributed by atoms with Gasteiger partial charge in [0.25, 0.3) is 0 Å². The molecule has 3 rings (SSSR count). The highest BCUT2D eigenvalue weighted by Gasteiger charge is 2.13. The zero-order chi connectivity index (χ0) is 14.3. The molecule has 2 aromatic carbocycles. The van der Waals surface area contributed by atoms with E-state index in [1.807, 2.05) is 12.1 Å². The van der Waals surface area contributed by atoms with Crippen LogP contribution in [0.15, 0.2) is 34.8 Å². The van der Waals surface area contributed by atoms with E-state index in [1.54, 1.807) is 6.07 Å². The summed E-state index contributed by atoms with van der Waals surface area (Å²) in [5.74, 6) is -2.95. The van der Waals surface area contributed by atoms with Crippen molar-refractivity contribution in [3.05, 3.63) is 52.3 Å². The van der Waals surface area contributed by atoms with Crippen LogP contribution < -0.4 is 5.32 Å². The molecule has 20 heavy (non-hydrogen) atoms. The number of aromatic nitrogens is 1. The lowest BCUT2D eigenvalue weighted by Gasteiger charge is -2.05. The van der Waals surface area contributed by atoms with Crippen molar-refractivity contribution in [3.63, 3.8) is 0 Å². The summed E-state index contributed by atoms with van der Waals surface area (Å²) < 4.78 is 41.7. The second-order valence-corrected chi connectivity index (χ2v) is 5.95. The highest BCUT2D eigenvalue weighted by molar-refractivity contribution is 9.10. The molecule has 3 aromatic rings. The van der Waals surface area contributed by atoms with E-state index in [1.165, 1.54) is 11.3 Å². The maximum absolute atomic E-state index is 13.5. The van der Waals surface area contributed by atoms with E-state index < -0.39 is 23.1 Å². The molecule has 2 nitrogen and oxygen atoms in total. The lowest BCUT2D eigenvalue weighted by Crippen LogP contribution is -1.98. The summed E-state index contributed by atoms with van der Waals surface area (Å²) in [7, 11) is 0. The first-order chi connectivity index (χ1) is 9.52. The molecule has 1 heterocycles. The zero-order valence-corrected chi connectivity index (χ0v) is 12.2. The Morgan fingerprint density at radius 3 is 2.45 bits per heavy atom. The Kier molecular flexibility index (Phi) is 3.39. The van der Waals surface area contributed by atoms with Gasteiger partial charge in [-0.1, -0.05) is 27.3 Å². The number of nitrogens with zero attached hydrogens (tertiary/aromatic N) is 1. The molecule has 0 amide bonds. The van der Waals surface area contributed by atoms with Crippen LogP contribution in [0.1, 0.15) is 0 Å². The second-order valence-electron chi connectivity index (χ2n) is 4.00. The molecule has 0 saturated heterocycles. The van der Waals surface area contributed by atoms with Gasteiger partial charge in [-0.25, -0.2) is 18.2 Å². The number of halogens is 4. The average Bonchev–Trinajstić information content (AvgIpc) is 2.75. The molecule has 0 bridgehead atoms. The monoisotopic (exact) mass is 358 g/mol. The summed E-state index contributed by atoms with van der Waals surface area (Å²) in [5.41, 5.74) is 0.291. The van der Waals surface area contributed by atoms with Crippen LogP contribution in [-0.2, 0) is 0 Å². The van der Waals surface area contributed by atoms with Crippen LogP contribution in [0.25, 0.3) is 10.2 Å². The summed E-state index contributed by atoms with van der Waals surface area (Å²) in [6.07, 6.45) is 0. The van der Waals surface area contributed by atoms with Crippen molar-refractivity contribution in [1.82, 2.24) is 4.98 Å². The van der Waals surface area contributed by atoms with E-state index >= 15 is 0 Å². The van der Waals surface area contributed by atoms with Crippen LogP contribution in [-0.4, -0.2) is 4.98 Å². The number of fused-ring (bicyclic) bond motifs is 1. The standard InChI is InChI=1S/C13H6BrF3N2S/c14-6-1-2-11-10(3-6)18-13(20-11)19-12-8(16)4-7(15)5-9(12)17/h1-5H,(H,18,19). The molecule has 0 spiro atoms. The largest absolute Gasteiger partial charge is 0.327 e. The van der Waals surface area contributed by atoms with Crippen LogP contribution in [0.2, 0.25) is 0 Å². The molecule has 0 atom stereocenters. The quantitative estimate of drug-likeness (QED) is 0.679. The Morgan fingerprint density at radius 1 is 1.05 bits per heavy atom. The van der Waals surface area contributed by atoms with Crippen molar-refractivity contribution < 1.29 is 13.2 Å². The minimum Gasteiger partial charge on any atom is -0.327 e. The van der Waals surface area contributed by atoms with Gasteiger partial charge in [0.2, 0.25) is 0 Å². The van der Waals surface area contributed by atoms with Gasteiger partial charge in [0.1, 0.15) is 11.5 Å². The fourth-order valence-corrected chi connectivity index (χ4v) is 2.92. The van der Waals surface area contributed by atoms with E-state index in [2.05, 4.69) is 26.2 Å². The van der Waals surface area contributed by atoms with E-state index in [4.69, 9.17) is 0 Å². The molecule has 0 saturated carbocycles. The van der Waals surface area contributed by atoms with Gasteiger partial charge < -0.3 is 5.32 Å². The van der Waals surface area contributed by atoms with Crippen LogP contribution in [0.5, 0.6) is 0 Å². The molecule has 0 radical (unpaired) electrons. The van der Waals surface area contributed by atoms with E-state index in [9.17, 15) is 13.2 Å². The fourth-order valence-electron chi connectivity index (χ4n) is 1.72. The van der Waals surface area contributed by atoms with Gasteiger partial charge >= 0.3 is 0 Å². The first-order valence-electron chi connectivity index (χ1n) is 5.50. The van der Waals surface area contributed by atoms with Crippen molar-refractivity contribution in [1.29, 1.82) is 0 Å². The van der Waals surface area contributed by atoms with Gasteiger partial charge in [0.15, 0.2) is 16.8 Å². The summed E-state index contributed by atoms with van der Waals surface area (Å²) in [5, 5.41) is 2.89. The Balaban J connectivity index is 2.01. The summed E-state index contributed by atoms with van der Waals surface area (Å²) in [6, 6.07) is 6.74. The number of hydrogen-bond acceptors (Lipinski definition) is 3. The fraction of sp³-hybridized carbons (Fsp3) is 0. The normalized spacial score (nSPS) is 11.0. The van der Waals surface area contributed by atoms with Crippen LogP contribution in [0, 0.1) is 17.5 Å². The van der Waals surface area contributed by atoms with Crippen molar-refractivity contribution >= 4 is 48.3 Å². The number of anilines is 2. The number of hydrogen-bond donors (Lipinski definition) is 1. The summed E-state index contributed by atoms with van der Waals surface area (Å²) >= 11 is 4.57. The highest BCUT2D eigenvalue weighted by Crippen LogP contribution is 2.31. The van der Waals surface area contributed by atoms with Crippen molar-refractivity contribution in [3.8, 4) is 0 Å². The van der Waals surface area contributed by atoms with Gasteiger partial charge in [-0.15, -0.1) is 0 Å². The molecule has 0 aliphatic rings. The van der Waals surface area contributed by atoms with E-state index in [-0.39, 0.29) is 0 Å². The predicted octanol–water partition coefficient (Wildman–Crippen LogP) is 5.22. The van der Waals surface area contributed by atoms with Gasteiger partial charge in [0, 0.05) is 16.6 Å². The number of benzene rings is 2. The maximum atomic E-state index is 13.5. The molecule has 0 aliphatic heterocycles. The number of rotatable bonds is 2. The Bertz CT molecular complexity index is 780. The molecular formula is C13H6BrF3N2S. The van der Waals surface area contributed by atoms with Crippen molar-refractivity contribution in [2.45, 2.75) is 0 Å². The Hall–Kier alpha value is -1.60. The molecule has 0 aliphatic carbocycles. The molecule has 0 fully saturated rings. The summed E-state index contributed by atoms with van der Waals surface area (Å²) in [4.78, 5) is 4.22. The molecule has 1 aromatic heterocycles. The zero-order valence-electron chi connectivity index (χ0n) is 9.75. The third-order valence-corrected chi connectivity index (χ3v) is 4.03. The van der Waals surface area contributed by atoms with Gasteiger partial charge in [0.05, 0.1) is 10.2 Å². The average molecular weight is 359 g/mol. The molecular weight excluding hydrogens is 353 g/mol. The minimum atomic E-state index is -0.997. The van der Waals surface area contributed by atoms with Gasteiger partial charge in [-0.05, 0) is 18.2 Å². The SMILES string of the molecule is Fc1cc(F)c(Nc2nc3cc(Br)ccc3s2)c(F)c1. The minimum absolute atomic E-state index is 0.336. The van der Waals surface area contributed by atoms with E-state index in [0.29, 0.717) is 22.8 Å². The third kappa shape index (κ3) is 2.51. The van der Waals surface area contributed by atoms with Gasteiger partial charge in [-0.3, -0.25) is 0 Å². The molecule has 1 N–H and O–H groups in total. The number of nitrogens with one attached hydrogen (secondary N) is 1. The maximum Gasteiger partial charge on any atom is 0.188 e. The van der Waals surface area contributed by atoms with E-state index in [0.717, 1.165) is 9.17 Å². The summed E-state index contributed by atoms with van der Waals surface area (Å²) in [6.45, 7) is 0. The Labute approximate surface area is 124 Å². The smallest absolute Gasteiger partial charge is 0.188 e. The van der Waals surface area contributed by atoms with Crippen molar-refractivity contribution in [2.75, 3.05) is 5.32 Å². The highest BCUT2D eigenvalue weighted by atomic mass is 79.9. The number of thiazole rings is 1.